The summed E-state index contributed by atoms with van der Waals surface area (Å²) in [6.07, 6.45) is 1.79. The number of hydrogen-bond acceptors (Lipinski definition) is 6. The van der Waals surface area contributed by atoms with Crippen molar-refractivity contribution < 1.29 is 22.3 Å². The van der Waals surface area contributed by atoms with Crippen LogP contribution in [0.5, 0.6) is 0 Å². The Kier molecular flexibility index (Phi) is 7.01. The van der Waals surface area contributed by atoms with Crippen molar-refractivity contribution in [1.82, 2.24) is 24.6 Å². The first-order valence-electron chi connectivity index (χ1n) is 10.8. The molecule has 1 saturated heterocycles. The number of nitrogens with zero attached hydrogens (tertiary/aromatic N) is 4. The number of aryl methyl sites for hydroxylation is 1. The van der Waals surface area contributed by atoms with Gasteiger partial charge in [0.1, 0.15) is 17.4 Å². The van der Waals surface area contributed by atoms with E-state index in [2.05, 4.69) is 15.6 Å². The van der Waals surface area contributed by atoms with Gasteiger partial charge >= 0.3 is 0 Å². The first kappa shape index (κ1) is 23.3. The van der Waals surface area contributed by atoms with Crippen LogP contribution in [0.4, 0.5) is 4.39 Å². The molecule has 1 N–H and O–H groups in total. The minimum atomic E-state index is -3.90. The molecule has 1 amide bonds. The highest BCUT2D eigenvalue weighted by Crippen LogP contribution is 2.28. The summed E-state index contributed by atoms with van der Waals surface area (Å²) >= 11 is 0. The van der Waals surface area contributed by atoms with Crippen molar-refractivity contribution in [1.29, 1.82) is 0 Å². The number of rotatable bonds is 9. The summed E-state index contributed by atoms with van der Waals surface area (Å²) in [6, 6.07) is 9.71. The Hall–Kier alpha value is -2.89. The fourth-order valence-corrected chi connectivity index (χ4v) is 5.65. The topological polar surface area (TPSA) is 106 Å². The lowest BCUT2D eigenvalue weighted by molar-refractivity contribution is -0.124. The van der Waals surface area contributed by atoms with Crippen LogP contribution in [0.3, 0.4) is 0 Å². The van der Waals surface area contributed by atoms with Crippen LogP contribution in [0.2, 0.25) is 0 Å². The lowest BCUT2D eigenvalue weighted by atomic mass is 10.2. The van der Waals surface area contributed by atoms with Crippen LogP contribution in [0.1, 0.15) is 24.8 Å². The van der Waals surface area contributed by atoms with Gasteiger partial charge in [0.25, 0.3) is 0 Å². The molecular formula is C22H26FN5O4S. The van der Waals surface area contributed by atoms with Crippen LogP contribution in [0.25, 0.3) is 11.0 Å². The SMILES string of the molecule is COCCCn1nnc2cc(S(=O)(=O)N3CCC[C@@H]3C(=O)NCc3ccc(F)cc3)ccc21. The molecule has 4 rings (SSSR count). The third kappa shape index (κ3) is 5.05. The summed E-state index contributed by atoms with van der Waals surface area (Å²) in [7, 11) is -2.27. The molecule has 176 valence electrons. The van der Waals surface area contributed by atoms with Crippen molar-refractivity contribution in [2.75, 3.05) is 20.3 Å². The van der Waals surface area contributed by atoms with Crippen molar-refractivity contribution in [2.24, 2.45) is 0 Å². The van der Waals surface area contributed by atoms with Gasteiger partial charge in [-0.05, 0) is 55.2 Å². The monoisotopic (exact) mass is 475 g/mol. The van der Waals surface area contributed by atoms with E-state index in [0.717, 1.165) is 17.5 Å². The summed E-state index contributed by atoms with van der Waals surface area (Å²) < 4.78 is 47.8. The Morgan fingerprint density at radius 1 is 1.24 bits per heavy atom. The largest absolute Gasteiger partial charge is 0.385 e. The maximum absolute atomic E-state index is 13.4. The van der Waals surface area contributed by atoms with Crippen LogP contribution < -0.4 is 5.32 Å². The molecule has 2 heterocycles. The van der Waals surface area contributed by atoms with Gasteiger partial charge in [-0.3, -0.25) is 4.79 Å². The number of carbonyl (C=O) groups is 1. The quantitative estimate of drug-likeness (QED) is 0.475. The van der Waals surface area contributed by atoms with Crippen molar-refractivity contribution >= 4 is 27.0 Å². The highest BCUT2D eigenvalue weighted by molar-refractivity contribution is 7.89. The van der Waals surface area contributed by atoms with Gasteiger partial charge in [-0.2, -0.15) is 4.31 Å². The van der Waals surface area contributed by atoms with E-state index in [1.807, 2.05) is 0 Å². The van der Waals surface area contributed by atoms with E-state index in [4.69, 9.17) is 4.74 Å². The van der Waals surface area contributed by atoms with Gasteiger partial charge in [0.15, 0.2) is 0 Å². The van der Waals surface area contributed by atoms with Gasteiger partial charge in [0.05, 0.1) is 10.4 Å². The molecule has 0 saturated carbocycles. The Labute approximate surface area is 191 Å². The Bertz CT molecular complexity index is 1230. The number of halogens is 1. The van der Waals surface area contributed by atoms with E-state index in [1.54, 1.807) is 30.0 Å². The summed E-state index contributed by atoms with van der Waals surface area (Å²) in [6.45, 7) is 1.66. The number of ether oxygens (including phenoxy) is 1. The van der Waals surface area contributed by atoms with Crippen LogP contribution in [-0.4, -0.2) is 59.9 Å². The number of hydrogen-bond donors (Lipinski definition) is 1. The summed E-state index contributed by atoms with van der Waals surface area (Å²) in [5, 5.41) is 11.0. The molecule has 0 radical (unpaired) electrons. The van der Waals surface area contributed by atoms with Crippen molar-refractivity contribution in [3.8, 4) is 0 Å². The van der Waals surface area contributed by atoms with Crippen LogP contribution in [0, 0.1) is 5.82 Å². The van der Waals surface area contributed by atoms with Gasteiger partial charge in [0, 0.05) is 33.4 Å². The molecule has 1 atom stereocenters. The second kappa shape index (κ2) is 9.94. The molecule has 3 aromatic rings. The number of methoxy groups -OCH3 is 1. The predicted molar refractivity (Wildman–Crippen MR) is 119 cm³/mol. The first-order valence-corrected chi connectivity index (χ1v) is 12.2. The number of carbonyl (C=O) groups excluding carboxylic acids is 1. The fraction of sp³-hybridized carbons (Fsp3) is 0.409. The molecule has 11 heteroatoms. The molecular weight excluding hydrogens is 449 g/mol. The van der Waals surface area contributed by atoms with Crippen molar-refractivity contribution in [3.05, 3.63) is 53.8 Å². The number of benzene rings is 2. The van der Waals surface area contributed by atoms with Gasteiger partial charge in [0.2, 0.25) is 15.9 Å². The molecule has 9 nitrogen and oxygen atoms in total. The Balaban J connectivity index is 1.48. The minimum absolute atomic E-state index is 0.0807. The molecule has 1 fully saturated rings. The van der Waals surface area contributed by atoms with Crippen LogP contribution in [0.15, 0.2) is 47.4 Å². The normalized spacial score (nSPS) is 17.0. The molecule has 1 aliphatic heterocycles. The molecule has 1 aliphatic rings. The zero-order valence-electron chi connectivity index (χ0n) is 18.3. The first-order chi connectivity index (χ1) is 15.9. The van der Waals surface area contributed by atoms with Gasteiger partial charge in [-0.1, -0.05) is 17.3 Å². The third-order valence-electron chi connectivity index (χ3n) is 5.70. The van der Waals surface area contributed by atoms with E-state index in [-0.39, 0.29) is 29.7 Å². The lowest BCUT2D eigenvalue weighted by Gasteiger charge is -2.23. The number of aromatic nitrogens is 3. The maximum Gasteiger partial charge on any atom is 0.243 e. The summed E-state index contributed by atoms with van der Waals surface area (Å²) in [5.41, 5.74) is 1.95. The number of nitrogens with one attached hydrogen (secondary N) is 1. The van der Waals surface area contributed by atoms with E-state index in [1.165, 1.54) is 28.6 Å². The van der Waals surface area contributed by atoms with Crippen LogP contribution >= 0.6 is 0 Å². The molecule has 0 spiro atoms. The predicted octanol–water partition coefficient (Wildman–Crippen LogP) is 2.08. The third-order valence-corrected chi connectivity index (χ3v) is 7.60. The van der Waals surface area contributed by atoms with Crippen molar-refractivity contribution in [2.45, 2.75) is 43.3 Å². The average Bonchev–Trinajstić information content (AvgIpc) is 3.46. The second-order valence-corrected chi connectivity index (χ2v) is 9.82. The number of sulfonamides is 1. The number of fused-ring (bicyclic) bond motifs is 1. The average molecular weight is 476 g/mol. The summed E-state index contributed by atoms with van der Waals surface area (Å²) in [5.74, 6) is -0.726. The summed E-state index contributed by atoms with van der Waals surface area (Å²) in [4.78, 5) is 12.9. The molecule has 1 aromatic heterocycles. The van der Waals surface area contributed by atoms with Gasteiger partial charge in [-0.15, -0.1) is 5.10 Å². The molecule has 0 bridgehead atoms. The molecule has 2 aromatic carbocycles. The molecule has 0 aliphatic carbocycles. The highest BCUT2D eigenvalue weighted by Gasteiger charge is 2.39. The van der Waals surface area contributed by atoms with Crippen LogP contribution in [-0.2, 0) is 32.6 Å². The zero-order valence-corrected chi connectivity index (χ0v) is 19.1. The highest BCUT2D eigenvalue weighted by atomic mass is 32.2. The second-order valence-electron chi connectivity index (χ2n) is 7.93. The smallest absolute Gasteiger partial charge is 0.243 e. The molecule has 0 unspecified atom stereocenters. The maximum atomic E-state index is 13.4. The fourth-order valence-electron chi connectivity index (χ4n) is 3.97. The minimum Gasteiger partial charge on any atom is -0.385 e. The van der Waals surface area contributed by atoms with Gasteiger partial charge in [-0.25, -0.2) is 17.5 Å². The number of amides is 1. The van der Waals surface area contributed by atoms with E-state index >= 15 is 0 Å². The van der Waals surface area contributed by atoms with Gasteiger partial charge < -0.3 is 10.1 Å². The Morgan fingerprint density at radius 3 is 2.79 bits per heavy atom. The lowest BCUT2D eigenvalue weighted by Crippen LogP contribution is -2.45. The van der Waals surface area contributed by atoms with E-state index in [0.29, 0.717) is 31.5 Å². The molecule has 33 heavy (non-hydrogen) atoms. The Morgan fingerprint density at radius 2 is 2.03 bits per heavy atom. The van der Waals surface area contributed by atoms with Crippen molar-refractivity contribution in [3.63, 3.8) is 0 Å². The van der Waals surface area contributed by atoms with E-state index in [9.17, 15) is 17.6 Å². The standard InChI is InChI=1S/C22H26FN5O4S/c1-32-13-3-11-27-20-10-9-18(14-19(20)25-26-27)33(30,31)28-12-2-4-21(28)22(29)24-15-16-5-7-17(23)8-6-16/h5-10,14,21H,2-4,11-13,15H2,1H3,(H,24,29)/t21-/m1/s1. The zero-order chi connectivity index (χ0) is 23.4. The van der Waals surface area contributed by atoms with E-state index < -0.39 is 16.1 Å².